The lowest BCUT2D eigenvalue weighted by Gasteiger charge is -2.10. The van der Waals surface area contributed by atoms with Crippen LogP contribution in [0.3, 0.4) is 0 Å². The Hall–Kier alpha value is -2.41. The fourth-order valence-electron chi connectivity index (χ4n) is 2.06. The molecule has 1 N–H and O–H groups in total. The first-order chi connectivity index (χ1) is 11.9. The lowest BCUT2D eigenvalue weighted by atomic mass is 10.1. The summed E-state index contributed by atoms with van der Waals surface area (Å²) in [5.74, 6) is -3.66. The highest BCUT2D eigenvalue weighted by Gasteiger charge is 2.12. The van der Waals surface area contributed by atoms with Crippen LogP contribution in [0.1, 0.15) is 21.5 Å². The van der Waals surface area contributed by atoms with Crippen LogP contribution in [0.15, 0.2) is 47.4 Å². The van der Waals surface area contributed by atoms with Gasteiger partial charge in [0, 0.05) is 10.6 Å². The van der Waals surface area contributed by atoms with E-state index in [9.17, 15) is 18.4 Å². The Bertz CT molecular complexity index is 763. The quantitative estimate of drug-likeness (QED) is 0.608. The number of carbonyl (C=O) groups is 2. The number of carbonyl (C=O) groups excluding carboxylic acids is 2. The van der Waals surface area contributed by atoms with Crippen LogP contribution < -0.4 is 5.32 Å². The van der Waals surface area contributed by atoms with Crippen LogP contribution in [0, 0.1) is 13.8 Å². The van der Waals surface area contributed by atoms with Gasteiger partial charge in [0.05, 0.1) is 5.56 Å². The Kier molecular flexibility index (Phi) is 6.52. The molecule has 0 aliphatic carbocycles. The second-order valence-electron chi connectivity index (χ2n) is 5.27. The Morgan fingerprint density at radius 2 is 1.80 bits per heavy atom. The molecule has 4 nitrogen and oxygen atoms in total. The van der Waals surface area contributed by atoms with Crippen molar-refractivity contribution in [2.45, 2.75) is 24.5 Å². The first-order valence-corrected chi connectivity index (χ1v) is 8.33. The van der Waals surface area contributed by atoms with E-state index in [1.807, 2.05) is 26.0 Å². The molecule has 0 fully saturated rings. The molecule has 2 aromatic rings. The van der Waals surface area contributed by atoms with Gasteiger partial charge in [-0.3, -0.25) is 4.79 Å². The summed E-state index contributed by atoms with van der Waals surface area (Å²) in [5, 5.41) is 2.69. The smallest absolute Gasteiger partial charge is 0.338 e. The number of benzene rings is 2. The Balaban J connectivity index is 1.88. The number of aryl methyl sites for hydroxylation is 1. The fourth-order valence-corrected chi connectivity index (χ4v) is 2.56. The van der Waals surface area contributed by atoms with Gasteiger partial charge in [-0.25, -0.2) is 4.79 Å². The van der Waals surface area contributed by atoms with Gasteiger partial charge in [-0.1, -0.05) is 23.9 Å². The molecule has 0 heterocycles. The van der Waals surface area contributed by atoms with Crippen LogP contribution in [0.4, 0.5) is 14.5 Å². The first-order valence-electron chi connectivity index (χ1n) is 7.45. The standard InChI is InChI=1S/C18H17F2NO3S/c1-11-4-3-5-15(12(11)2)21-16(22)10-24-17(23)13-6-8-14(9-7-13)25-18(19)20/h3-9,18H,10H2,1-2H3,(H,21,22). The minimum Gasteiger partial charge on any atom is -0.452 e. The summed E-state index contributed by atoms with van der Waals surface area (Å²) in [6.45, 7) is 3.39. The molecule has 132 valence electrons. The molecular formula is C18H17F2NO3S. The number of halogens is 2. The molecule has 0 saturated heterocycles. The summed E-state index contributed by atoms with van der Waals surface area (Å²) in [6, 6.07) is 11.1. The lowest BCUT2D eigenvalue weighted by Crippen LogP contribution is -2.21. The Morgan fingerprint density at radius 1 is 1.12 bits per heavy atom. The van der Waals surface area contributed by atoms with Gasteiger partial charge in [-0.2, -0.15) is 8.78 Å². The van der Waals surface area contributed by atoms with Gasteiger partial charge in [-0.15, -0.1) is 0 Å². The van der Waals surface area contributed by atoms with Crippen LogP contribution in [0.5, 0.6) is 0 Å². The number of ether oxygens (including phenoxy) is 1. The molecule has 7 heteroatoms. The number of hydrogen-bond donors (Lipinski definition) is 1. The van der Waals surface area contributed by atoms with E-state index < -0.39 is 24.2 Å². The highest BCUT2D eigenvalue weighted by Crippen LogP contribution is 2.25. The largest absolute Gasteiger partial charge is 0.452 e. The molecule has 1 amide bonds. The van der Waals surface area contributed by atoms with Gasteiger partial charge in [0.15, 0.2) is 6.61 Å². The van der Waals surface area contributed by atoms with Gasteiger partial charge >= 0.3 is 5.97 Å². The van der Waals surface area contributed by atoms with Gasteiger partial charge < -0.3 is 10.1 Å². The van der Waals surface area contributed by atoms with E-state index in [0.29, 0.717) is 22.3 Å². The molecule has 0 aliphatic heterocycles. The van der Waals surface area contributed by atoms with Crippen LogP contribution in [-0.4, -0.2) is 24.2 Å². The van der Waals surface area contributed by atoms with E-state index in [1.165, 1.54) is 24.3 Å². The molecule has 0 radical (unpaired) electrons. The average molecular weight is 365 g/mol. The highest BCUT2D eigenvalue weighted by atomic mass is 32.2. The third kappa shape index (κ3) is 5.56. The van der Waals surface area contributed by atoms with Gasteiger partial charge in [0.1, 0.15) is 0 Å². The van der Waals surface area contributed by atoms with Crippen molar-refractivity contribution in [2.24, 2.45) is 0 Å². The molecular weight excluding hydrogens is 348 g/mol. The molecule has 0 aliphatic rings. The van der Waals surface area contributed by atoms with Crippen molar-refractivity contribution < 1.29 is 23.1 Å². The van der Waals surface area contributed by atoms with E-state index >= 15 is 0 Å². The van der Waals surface area contributed by atoms with E-state index in [-0.39, 0.29) is 5.56 Å². The van der Waals surface area contributed by atoms with Crippen molar-refractivity contribution in [3.05, 3.63) is 59.2 Å². The number of alkyl halides is 2. The van der Waals surface area contributed by atoms with E-state index in [4.69, 9.17) is 4.74 Å². The fraction of sp³-hybridized carbons (Fsp3) is 0.222. The molecule has 0 saturated carbocycles. The van der Waals surface area contributed by atoms with E-state index in [1.54, 1.807) is 6.07 Å². The van der Waals surface area contributed by atoms with Gasteiger partial charge in [-0.05, 0) is 55.3 Å². The second-order valence-corrected chi connectivity index (χ2v) is 6.34. The van der Waals surface area contributed by atoms with Crippen molar-refractivity contribution in [3.63, 3.8) is 0 Å². The molecule has 0 aromatic heterocycles. The van der Waals surface area contributed by atoms with E-state index in [0.717, 1.165) is 11.1 Å². The monoisotopic (exact) mass is 365 g/mol. The number of anilines is 1. The number of esters is 1. The molecule has 0 atom stereocenters. The Morgan fingerprint density at radius 3 is 2.44 bits per heavy atom. The number of hydrogen-bond acceptors (Lipinski definition) is 4. The minimum atomic E-state index is -2.52. The second kappa shape index (κ2) is 8.62. The molecule has 2 rings (SSSR count). The maximum atomic E-state index is 12.2. The number of nitrogens with one attached hydrogen (secondary N) is 1. The first kappa shape index (κ1) is 18.9. The summed E-state index contributed by atoms with van der Waals surface area (Å²) >= 11 is 0.391. The number of rotatable bonds is 6. The van der Waals surface area contributed by atoms with Crippen molar-refractivity contribution in [2.75, 3.05) is 11.9 Å². The van der Waals surface area contributed by atoms with E-state index in [2.05, 4.69) is 5.32 Å². The third-order valence-corrected chi connectivity index (χ3v) is 4.25. The zero-order valence-electron chi connectivity index (χ0n) is 13.7. The number of amides is 1. The SMILES string of the molecule is Cc1cccc(NC(=O)COC(=O)c2ccc(SC(F)F)cc2)c1C. The Labute approximate surface area is 148 Å². The molecule has 0 spiro atoms. The van der Waals surface area contributed by atoms with Gasteiger partial charge in [0.2, 0.25) is 0 Å². The zero-order valence-corrected chi connectivity index (χ0v) is 14.5. The zero-order chi connectivity index (χ0) is 18.4. The molecule has 25 heavy (non-hydrogen) atoms. The maximum Gasteiger partial charge on any atom is 0.338 e. The van der Waals surface area contributed by atoms with Crippen molar-refractivity contribution in [1.29, 1.82) is 0 Å². The molecule has 0 bridgehead atoms. The summed E-state index contributed by atoms with van der Waals surface area (Å²) in [6.07, 6.45) is 0. The van der Waals surface area contributed by atoms with Crippen LogP contribution in [0.25, 0.3) is 0 Å². The highest BCUT2D eigenvalue weighted by molar-refractivity contribution is 7.99. The van der Waals surface area contributed by atoms with Crippen LogP contribution in [-0.2, 0) is 9.53 Å². The third-order valence-electron chi connectivity index (χ3n) is 3.53. The minimum absolute atomic E-state index is 0.193. The summed E-state index contributed by atoms with van der Waals surface area (Å²) in [4.78, 5) is 24.2. The van der Waals surface area contributed by atoms with Crippen LogP contribution in [0.2, 0.25) is 0 Å². The predicted octanol–water partition coefficient (Wildman–Crippen LogP) is 4.41. The topological polar surface area (TPSA) is 55.4 Å². The van der Waals surface area contributed by atoms with Gasteiger partial charge in [0.25, 0.3) is 11.7 Å². The average Bonchev–Trinajstić information content (AvgIpc) is 2.57. The van der Waals surface area contributed by atoms with Crippen molar-refractivity contribution >= 4 is 29.3 Å². The van der Waals surface area contributed by atoms with Crippen molar-refractivity contribution in [1.82, 2.24) is 0 Å². The summed E-state index contributed by atoms with van der Waals surface area (Å²) in [7, 11) is 0. The molecule has 0 unspecified atom stereocenters. The van der Waals surface area contributed by atoms with Crippen molar-refractivity contribution in [3.8, 4) is 0 Å². The number of thioether (sulfide) groups is 1. The molecule has 2 aromatic carbocycles. The summed E-state index contributed by atoms with van der Waals surface area (Å²) in [5.41, 5.74) is 2.83. The maximum absolute atomic E-state index is 12.2. The van der Waals surface area contributed by atoms with Crippen LogP contribution >= 0.6 is 11.8 Å². The summed E-state index contributed by atoms with van der Waals surface area (Å²) < 4.78 is 29.4. The predicted molar refractivity (Wildman–Crippen MR) is 93.1 cm³/mol. The normalized spacial score (nSPS) is 10.6. The lowest BCUT2D eigenvalue weighted by molar-refractivity contribution is -0.119.